The molecule has 100 valence electrons. The first kappa shape index (κ1) is 13.4. The lowest BCUT2D eigenvalue weighted by Crippen LogP contribution is -2.31. The van der Waals surface area contributed by atoms with Crippen LogP contribution in [-0.4, -0.2) is 19.6 Å². The molecule has 0 aromatic heterocycles. The minimum atomic E-state index is 0.745. The van der Waals surface area contributed by atoms with Gasteiger partial charge in [0.15, 0.2) is 0 Å². The largest absolute Gasteiger partial charge is 0.408 e. The van der Waals surface area contributed by atoms with Crippen LogP contribution in [0.2, 0.25) is 0 Å². The number of rotatable bonds is 6. The van der Waals surface area contributed by atoms with E-state index in [0.29, 0.717) is 0 Å². The quantitative estimate of drug-likeness (QED) is 0.599. The van der Waals surface area contributed by atoms with Crippen LogP contribution in [0.25, 0.3) is 0 Å². The Hall–Kier alpha value is -1.06. The van der Waals surface area contributed by atoms with Gasteiger partial charge >= 0.3 is 0 Å². The third kappa shape index (κ3) is 4.00. The van der Waals surface area contributed by atoms with Crippen LogP contribution in [0, 0.1) is 5.92 Å². The van der Waals surface area contributed by atoms with Crippen molar-refractivity contribution < 1.29 is 4.84 Å². The summed E-state index contributed by atoms with van der Waals surface area (Å²) in [7, 11) is 0. The van der Waals surface area contributed by atoms with E-state index in [-0.39, 0.29) is 0 Å². The second-order valence-corrected chi connectivity index (χ2v) is 5.02. The molecule has 3 heteroatoms. The highest BCUT2D eigenvalue weighted by molar-refractivity contribution is 5.33. The van der Waals surface area contributed by atoms with E-state index in [1.807, 2.05) is 12.1 Å². The van der Waals surface area contributed by atoms with E-state index >= 15 is 0 Å². The molecule has 1 atom stereocenters. The van der Waals surface area contributed by atoms with Crippen molar-refractivity contribution in [1.29, 1.82) is 0 Å². The topological polar surface area (TPSA) is 33.3 Å². The monoisotopic (exact) mass is 248 g/mol. The molecule has 1 fully saturated rings. The number of hydrogen-bond acceptors (Lipinski definition) is 3. The average molecular weight is 248 g/mol. The third-order valence-corrected chi connectivity index (χ3v) is 3.41. The van der Waals surface area contributed by atoms with Crippen molar-refractivity contribution >= 4 is 0 Å². The molecule has 0 amide bonds. The van der Waals surface area contributed by atoms with Crippen molar-refractivity contribution in [3.63, 3.8) is 0 Å². The highest BCUT2D eigenvalue weighted by atomic mass is 16.6. The van der Waals surface area contributed by atoms with E-state index in [1.165, 1.54) is 24.9 Å². The molecular weight excluding hydrogens is 224 g/mol. The van der Waals surface area contributed by atoms with Crippen LogP contribution in [0.1, 0.15) is 31.7 Å². The Morgan fingerprint density at radius 1 is 1.39 bits per heavy atom. The lowest BCUT2D eigenvalue weighted by Gasteiger charge is -2.23. The molecule has 2 N–H and O–H groups in total. The number of para-hydroxylation sites is 1. The first-order valence-corrected chi connectivity index (χ1v) is 7.08. The van der Waals surface area contributed by atoms with Crippen LogP contribution in [0.3, 0.4) is 0 Å². The molecule has 3 nitrogen and oxygen atoms in total. The minimum absolute atomic E-state index is 0.745. The maximum atomic E-state index is 5.65. The van der Waals surface area contributed by atoms with Crippen LogP contribution in [-0.2, 0) is 6.42 Å². The van der Waals surface area contributed by atoms with Crippen molar-refractivity contribution in [2.45, 2.75) is 32.6 Å². The summed E-state index contributed by atoms with van der Waals surface area (Å²) in [5.74, 6) is 1.73. The molecule has 1 aromatic carbocycles. The van der Waals surface area contributed by atoms with Crippen molar-refractivity contribution in [3.05, 3.63) is 29.8 Å². The summed E-state index contributed by atoms with van der Waals surface area (Å²) >= 11 is 0. The molecule has 0 aliphatic carbocycles. The van der Waals surface area contributed by atoms with Gasteiger partial charge in [-0.15, -0.1) is 0 Å². The van der Waals surface area contributed by atoms with Crippen molar-refractivity contribution in [2.24, 2.45) is 5.92 Å². The Morgan fingerprint density at radius 3 is 3.06 bits per heavy atom. The molecule has 1 aliphatic rings. The average Bonchev–Trinajstić information content (AvgIpc) is 2.42. The second kappa shape index (κ2) is 7.39. The van der Waals surface area contributed by atoms with Gasteiger partial charge in [-0.25, -0.2) is 0 Å². The van der Waals surface area contributed by atoms with Crippen LogP contribution < -0.4 is 15.6 Å². The summed E-state index contributed by atoms with van der Waals surface area (Å²) in [4.78, 5) is 5.65. The van der Waals surface area contributed by atoms with Gasteiger partial charge in [0, 0.05) is 6.54 Å². The molecular formula is C15H24N2O. The molecule has 0 bridgehead atoms. The van der Waals surface area contributed by atoms with Crippen molar-refractivity contribution in [3.8, 4) is 5.75 Å². The first-order chi connectivity index (χ1) is 8.90. The summed E-state index contributed by atoms with van der Waals surface area (Å²) in [6.07, 6.45) is 4.80. The fraction of sp³-hybridized carbons (Fsp3) is 0.600. The Kier molecular flexibility index (Phi) is 5.49. The predicted octanol–water partition coefficient (Wildman–Crippen LogP) is 2.52. The number of piperidine rings is 1. The highest BCUT2D eigenvalue weighted by Crippen LogP contribution is 2.23. The Labute approximate surface area is 110 Å². The molecule has 1 unspecified atom stereocenters. The summed E-state index contributed by atoms with van der Waals surface area (Å²) in [5.41, 5.74) is 4.33. The molecule has 1 aromatic rings. The fourth-order valence-electron chi connectivity index (χ4n) is 2.41. The van der Waals surface area contributed by atoms with Gasteiger partial charge in [0.2, 0.25) is 0 Å². The summed E-state index contributed by atoms with van der Waals surface area (Å²) < 4.78 is 0. The lowest BCUT2D eigenvalue weighted by molar-refractivity contribution is 0.193. The molecule has 0 radical (unpaired) electrons. The normalized spacial score (nSPS) is 19.7. The van der Waals surface area contributed by atoms with E-state index in [1.54, 1.807) is 0 Å². The van der Waals surface area contributed by atoms with Crippen LogP contribution in [0.4, 0.5) is 0 Å². The van der Waals surface area contributed by atoms with Gasteiger partial charge in [-0.05, 0) is 56.3 Å². The molecule has 0 saturated carbocycles. The highest BCUT2D eigenvalue weighted by Gasteiger charge is 2.15. The standard InChI is InChI=1S/C15H24N2O/c1-2-9-17-18-15-8-4-3-7-14(15)11-13-6-5-10-16-12-13/h3-4,7-8,13,16-17H,2,5-6,9-12H2,1H3. The first-order valence-electron chi connectivity index (χ1n) is 7.08. The zero-order chi connectivity index (χ0) is 12.6. The Balaban J connectivity index is 1.93. The van der Waals surface area contributed by atoms with Crippen molar-refractivity contribution in [2.75, 3.05) is 19.6 Å². The predicted molar refractivity (Wildman–Crippen MR) is 74.7 cm³/mol. The SMILES string of the molecule is CCCNOc1ccccc1CC1CCCNC1. The minimum Gasteiger partial charge on any atom is -0.408 e. The summed E-state index contributed by atoms with van der Waals surface area (Å²) in [6, 6.07) is 8.36. The number of benzene rings is 1. The van der Waals surface area contributed by atoms with Gasteiger partial charge in [-0.1, -0.05) is 25.1 Å². The van der Waals surface area contributed by atoms with E-state index in [2.05, 4.69) is 29.9 Å². The van der Waals surface area contributed by atoms with Gasteiger partial charge in [0.05, 0.1) is 0 Å². The number of hydroxylamine groups is 1. The Morgan fingerprint density at radius 2 is 2.28 bits per heavy atom. The van der Waals surface area contributed by atoms with E-state index in [4.69, 9.17) is 4.84 Å². The van der Waals surface area contributed by atoms with E-state index in [0.717, 1.165) is 37.6 Å². The second-order valence-electron chi connectivity index (χ2n) is 5.02. The third-order valence-electron chi connectivity index (χ3n) is 3.41. The zero-order valence-electron chi connectivity index (χ0n) is 11.2. The molecule has 1 aliphatic heterocycles. The molecule has 2 rings (SSSR count). The van der Waals surface area contributed by atoms with Gasteiger partial charge in [0.1, 0.15) is 5.75 Å². The summed E-state index contributed by atoms with van der Waals surface area (Å²) in [5, 5.41) is 3.47. The van der Waals surface area contributed by atoms with E-state index < -0.39 is 0 Å². The number of nitrogens with one attached hydrogen (secondary N) is 2. The van der Waals surface area contributed by atoms with E-state index in [9.17, 15) is 0 Å². The maximum Gasteiger partial charge on any atom is 0.150 e. The maximum absolute atomic E-state index is 5.65. The van der Waals surface area contributed by atoms with Crippen molar-refractivity contribution in [1.82, 2.24) is 10.8 Å². The van der Waals surface area contributed by atoms with Gasteiger partial charge < -0.3 is 10.2 Å². The molecule has 18 heavy (non-hydrogen) atoms. The molecule has 1 saturated heterocycles. The van der Waals surface area contributed by atoms with Crippen LogP contribution in [0.15, 0.2) is 24.3 Å². The Bertz CT molecular complexity index is 348. The summed E-state index contributed by atoms with van der Waals surface area (Å²) in [6.45, 7) is 5.33. The van der Waals surface area contributed by atoms with Gasteiger partial charge in [0.25, 0.3) is 0 Å². The van der Waals surface area contributed by atoms with Gasteiger partial charge in [-0.2, -0.15) is 5.48 Å². The zero-order valence-corrected chi connectivity index (χ0v) is 11.2. The van der Waals surface area contributed by atoms with Gasteiger partial charge in [-0.3, -0.25) is 0 Å². The van der Waals surface area contributed by atoms with Crippen LogP contribution in [0.5, 0.6) is 5.75 Å². The lowest BCUT2D eigenvalue weighted by atomic mass is 9.92. The fourth-order valence-corrected chi connectivity index (χ4v) is 2.41. The molecule has 1 heterocycles. The smallest absolute Gasteiger partial charge is 0.150 e. The van der Waals surface area contributed by atoms with Crippen LogP contribution >= 0.6 is 0 Å². The molecule has 0 spiro atoms. The number of hydrogen-bond donors (Lipinski definition) is 2.